The number of hydrogen-bond donors (Lipinski definition) is 1. The molecule has 1 rings (SSSR count). The van der Waals surface area contributed by atoms with Gasteiger partial charge in [0.1, 0.15) is 5.57 Å². The Balaban J connectivity index is 3.32. The maximum atomic E-state index is 12.4. The van der Waals surface area contributed by atoms with E-state index in [4.69, 9.17) is 18.3 Å². The molecule has 0 saturated heterocycles. The number of halogens is 3. The maximum Gasteiger partial charge on any atom is 0.423 e. The molecule has 0 amide bonds. The zero-order valence-corrected chi connectivity index (χ0v) is 9.26. The molecule has 0 saturated carbocycles. The SMILES string of the molecule is [C-]#[N+]c1cc(/C=C(/C(=O)O)C(F)(F)F)sc1[N+]#[C-]. The Kier molecular flexibility index (Phi) is 3.74. The van der Waals surface area contributed by atoms with Gasteiger partial charge in [0.25, 0.3) is 0 Å². The minimum Gasteiger partial charge on any atom is -0.478 e. The van der Waals surface area contributed by atoms with Crippen LogP contribution in [0.1, 0.15) is 4.88 Å². The van der Waals surface area contributed by atoms with Crippen molar-refractivity contribution < 1.29 is 23.1 Å². The van der Waals surface area contributed by atoms with Crippen molar-refractivity contribution in [3.63, 3.8) is 0 Å². The zero-order valence-electron chi connectivity index (χ0n) is 8.45. The monoisotopic (exact) mass is 272 g/mol. The molecule has 8 heteroatoms. The number of carboxylic acids is 1. The van der Waals surface area contributed by atoms with Crippen LogP contribution >= 0.6 is 11.3 Å². The number of alkyl halides is 3. The van der Waals surface area contributed by atoms with Gasteiger partial charge in [-0.05, 0) is 6.08 Å². The van der Waals surface area contributed by atoms with E-state index < -0.39 is 17.7 Å². The van der Waals surface area contributed by atoms with Crippen molar-refractivity contribution in [2.75, 3.05) is 0 Å². The topological polar surface area (TPSA) is 46.0 Å². The first-order valence-corrected chi connectivity index (χ1v) is 5.02. The lowest BCUT2D eigenvalue weighted by molar-refractivity contribution is -0.144. The molecule has 92 valence electrons. The molecule has 18 heavy (non-hydrogen) atoms. The van der Waals surface area contributed by atoms with Crippen LogP contribution in [-0.4, -0.2) is 17.3 Å². The lowest BCUT2D eigenvalue weighted by atomic mass is 10.2. The van der Waals surface area contributed by atoms with E-state index in [1.807, 2.05) is 0 Å². The lowest BCUT2D eigenvalue weighted by Gasteiger charge is -2.05. The fraction of sp³-hybridized carbons (Fsp3) is 0.100. The summed E-state index contributed by atoms with van der Waals surface area (Å²) >= 11 is 0.638. The summed E-state index contributed by atoms with van der Waals surface area (Å²) in [5, 5.41) is 8.39. The lowest BCUT2D eigenvalue weighted by Crippen LogP contribution is -2.19. The minimum absolute atomic E-state index is 0.0665. The third kappa shape index (κ3) is 2.87. The van der Waals surface area contributed by atoms with Crippen LogP contribution in [-0.2, 0) is 4.79 Å². The van der Waals surface area contributed by atoms with Gasteiger partial charge in [0, 0.05) is 4.88 Å². The molecule has 1 heterocycles. The minimum atomic E-state index is -4.99. The first kappa shape index (κ1) is 13.7. The summed E-state index contributed by atoms with van der Waals surface area (Å²) in [6, 6.07) is 1.06. The van der Waals surface area contributed by atoms with Crippen molar-refractivity contribution in [1.29, 1.82) is 0 Å². The van der Waals surface area contributed by atoms with Crippen LogP contribution in [0.25, 0.3) is 15.8 Å². The van der Waals surface area contributed by atoms with Crippen molar-refractivity contribution in [3.05, 3.63) is 39.4 Å². The molecule has 1 aromatic heterocycles. The van der Waals surface area contributed by atoms with Crippen molar-refractivity contribution in [1.82, 2.24) is 0 Å². The Morgan fingerprint density at radius 3 is 2.33 bits per heavy atom. The number of rotatable bonds is 2. The predicted molar refractivity (Wildman–Crippen MR) is 58.5 cm³/mol. The van der Waals surface area contributed by atoms with E-state index >= 15 is 0 Å². The Hall–Kier alpha value is -2.32. The van der Waals surface area contributed by atoms with Crippen molar-refractivity contribution >= 4 is 34.1 Å². The van der Waals surface area contributed by atoms with Crippen molar-refractivity contribution in [2.24, 2.45) is 0 Å². The third-order valence-electron chi connectivity index (χ3n) is 1.76. The Bertz CT molecular complexity index is 571. The van der Waals surface area contributed by atoms with Gasteiger partial charge in [0.2, 0.25) is 10.7 Å². The molecule has 1 N–H and O–H groups in total. The van der Waals surface area contributed by atoms with Crippen LogP contribution in [0.15, 0.2) is 11.6 Å². The molecular weight excluding hydrogens is 269 g/mol. The smallest absolute Gasteiger partial charge is 0.423 e. The molecule has 0 bridgehead atoms. The van der Waals surface area contributed by atoms with Gasteiger partial charge in [-0.1, -0.05) is 6.07 Å². The summed E-state index contributed by atoms with van der Waals surface area (Å²) in [6.07, 6.45) is -4.58. The number of carboxylic acid groups (broad SMARTS) is 1. The molecule has 4 nitrogen and oxygen atoms in total. The first-order valence-electron chi connectivity index (χ1n) is 4.20. The molecule has 0 aromatic carbocycles. The summed E-state index contributed by atoms with van der Waals surface area (Å²) < 4.78 is 37.1. The van der Waals surface area contributed by atoms with Crippen LogP contribution in [0, 0.1) is 13.1 Å². The molecule has 0 aliphatic heterocycles. The summed E-state index contributed by atoms with van der Waals surface area (Å²) in [4.78, 5) is 16.3. The average molecular weight is 272 g/mol. The van der Waals surface area contributed by atoms with Crippen molar-refractivity contribution in [2.45, 2.75) is 6.18 Å². The van der Waals surface area contributed by atoms with E-state index in [2.05, 4.69) is 9.69 Å². The van der Waals surface area contributed by atoms with Crippen LogP contribution in [0.3, 0.4) is 0 Å². The van der Waals surface area contributed by atoms with E-state index in [1.54, 1.807) is 0 Å². The first-order chi connectivity index (χ1) is 8.29. The summed E-state index contributed by atoms with van der Waals surface area (Å²) in [6.45, 7) is 13.4. The largest absolute Gasteiger partial charge is 0.478 e. The number of thiophene rings is 1. The highest BCUT2D eigenvalue weighted by molar-refractivity contribution is 7.17. The molecule has 0 unspecified atom stereocenters. The zero-order chi connectivity index (χ0) is 13.9. The standard InChI is InChI=1S/C10H3F3N2O2S/c1-14-7-4-5(18-8(7)15-2)3-6(9(16)17)10(11,12)13/h3-4H,(H,16,17)/b6-3-. The van der Waals surface area contributed by atoms with Gasteiger partial charge >= 0.3 is 12.1 Å². The number of carbonyl (C=O) groups is 1. The van der Waals surface area contributed by atoms with E-state index in [0.717, 1.165) is 6.07 Å². The summed E-state index contributed by atoms with van der Waals surface area (Å²) in [7, 11) is 0. The number of hydrogen-bond acceptors (Lipinski definition) is 2. The Labute approximate surface area is 103 Å². The number of aliphatic carboxylic acids is 1. The average Bonchev–Trinajstić information content (AvgIpc) is 2.66. The summed E-state index contributed by atoms with van der Waals surface area (Å²) in [5.41, 5.74) is -1.83. The van der Waals surface area contributed by atoms with Gasteiger partial charge in [-0.15, -0.1) is 0 Å². The van der Waals surface area contributed by atoms with Gasteiger partial charge in [0.05, 0.1) is 13.1 Å². The fourth-order valence-electron chi connectivity index (χ4n) is 1.03. The quantitative estimate of drug-likeness (QED) is 0.656. The molecule has 0 fully saturated rings. The highest BCUT2D eigenvalue weighted by Gasteiger charge is 2.38. The van der Waals surface area contributed by atoms with E-state index in [1.165, 1.54) is 0 Å². The van der Waals surface area contributed by atoms with Crippen LogP contribution in [0.4, 0.5) is 23.9 Å². The number of nitrogens with zero attached hydrogens (tertiary/aromatic N) is 2. The van der Waals surface area contributed by atoms with Gasteiger partial charge < -0.3 is 5.11 Å². The molecule has 0 atom stereocenters. The van der Waals surface area contributed by atoms with Crippen molar-refractivity contribution in [3.8, 4) is 0 Å². The fourth-order valence-corrected chi connectivity index (χ4v) is 1.85. The van der Waals surface area contributed by atoms with E-state index in [9.17, 15) is 18.0 Å². The Morgan fingerprint density at radius 2 is 2.00 bits per heavy atom. The molecule has 0 radical (unpaired) electrons. The molecular formula is C10H3F3N2O2S. The van der Waals surface area contributed by atoms with Crippen LogP contribution in [0.5, 0.6) is 0 Å². The normalized spacial score (nSPS) is 11.7. The maximum absolute atomic E-state index is 12.4. The van der Waals surface area contributed by atoms with E-state index in [0.29, 0.717) is 17.4 Å². The van der Waals surface area contributed by atoms with Gasteiger partial charge in [-0.25, -0.2) is 14.5 Å². The highest BCUT2D eigenvalue weighted by Crippen LogP contribution is 2.39. The third-order valence-corrected chi connectivity index (χ3v) is 2.72. The second-order valence-corrected chi connectivity index (χ2v) is 3.99. The highest BCUT2D eigenvalue weighted by atomic mass is 32.1. The van der Waals surface area contributed by atoms with Crippen LogP contribution < -0.4 is 0 Å². The molecule has 0 aliphatic rings. The second kappa shape index (κ2) is 4.90. The second-order valence-electron chi connectivity index (χ2n) is 2.92. The molecule has 1 aromatic rings. The predicted octanol–water partition coefficient (Wildman–Crippen LogP) is 3.88. The van der Waals surface area contributed by atoms with Gasteiger partial charge in [-0.3, -0.25) is 0 Å². The molecule has 0 spiro atoms. The summed E-state index contributed by atoms with van der Waals surface area (Å²) in [5.74, 6) is -2.11. The van der Waals surface area contributed by atoms with E-state index in [-0.39, 0.29) is 15.6 Å². The Morgan fingerprint density at radius 1 is 1.39 bits per heavy atom. The molecule has 0 aliphatic carbocycles. The van der Waals surface area contributed by atoms with Gasteiger partial charge in [-0.2, -0.15) is 24.5 Å². The van der Waals surface area contributed by atoms with Crippen LogP contribution in [0.2, 0.25) is 0 Å². The van der Waals surface area contributed by atoms with Gasteiger partial charge in [0.15, 0.2) is 0 Å².